The molecule has 1 aliphatic rings. The molecule has 1 N–H and O–H groups in total. The normalized spacial score (nSPS) is 17.9. The molecule has 112 valence electrons. The average Bonchev–Trinajstić information content (AvgIpc) is 2.77. The number of hydrogen-bond donors (Lipinski definition) is 1. The summed E-state index contributed by atoms with van der Waals surface area (Å²) >= 11 is 6.05. The zero-order chi connectivity index (χ0) is 15.7. The number of benzene rings is 2. The fraction of sp³-hybridized carbons (Fsp3) is 0.125. The van der Waals surface area contributed by atoms with Crippen LogP contribution in [0.4, 0.5) is 15.8 Å². The smallest absolute Gasteiger partial charge is 0.256 e. The van der Waals surface area contributed by atoms with Gasteiger partial charge in [0.15, 0.2) is 0 Å². The fourth-order valence-electron chi connectivity index (χ4n) is 2.38. The second-order valence-corrected chi connectivity index (χ2v) is 5.33. The number of carbonyl (C=O) groups is 2. The van der Waals surface area contributed by atoms with Gasteiger partial charge in [-0.2, -0.15) is 0 Å². The van der Waals surface area contributed by atoms with Crippen molar-refractivity contribution in [1.29, 1.82) is 0 Å². The number of carbonyl (C=O) groups excluding carboxylic acids is 2. The van der Waals surface area contributed by atoms with Gasteiger partial charge in [0.1, 0.15) is 11.9 Å². The van der Waals surface area contributed by atoms with Crippen LogP contribution in [-0.2, 0) is 9.59 Å². The molecule has 0 radical (unpaired) electrons. The minimum Gasteiger partial charge on any atom is -0.373 e. The molecule has 4 nitrogen and oxygen atoms in total. The van der Waals surface area contributed by atoms with Crippen molar-refractivity contribution in [1.82, 2.24) is 0 Å². The topological polar surface area (TPSA) is 49.4 Å². The summed E-state index contributed by atoms with van der Waals surface area (Å²) in [5.41, 5.74) is 0.955. The van der Waals surface area contributed by atoms with E-state index in [0.29, 0.717) is 16.4 Å². The molecule has 0 bridgehead atoms. The van der Waals surface area contributed by atoms with E-state index < -0.39 is 6.04 Å². The molecule has 1 saturated heterocycles. The molecule has 0 aliphatic carbocycles. The third-order valence-electron chi connectivity index (χ3n) is 3.43. The number of imide groups is 1. The predicted octanol–water partition coefficient (Wildman–Crippen LogP) is 3.22. The van der Waals surface area contributed by atoms with Crippen molar-refractivity contribution in [3.8, 4) is 0 Å². The van der Waals surface area contributed by atoms with E-state index in [4.69, 9.17) is 11.6 Å². The highest BCUT2D eigenvalue weighted by molar-refractivity contribution is 6.36. The summed E-state index contributed by atoms with van der Waals surface area (Å²) in [5, 5.41) is 3.29. The Bertz CT molecular complexity index is 733. The molecule has 1 heterocycles. The Hall–Kier alpha value is -2.40. The Kier molecular flexibility index (Phi) is 3.81. The molecular formula is C16H12ClFN2O2. The van der Waals surface area contributed by atoms with Gasteiger partial charge in [-0.15, -0.1) is 0 Å². The standard InChI is InChI=1S/C16H12ClFN2O2/c17-12-3-1-2-4-14(12)20-15(21)9-13(16(20)22)19-11-7-5-10(18)6-8-11/h1-8,13,19H,9H2/t13-/m0/s1. The van der Waals surface area contributed by atoms with Crippen LogP contribution >= 0.6 is 11.6 Å². The molecule has 3 rings (SSSR count). The van der Waals surface area contributed by atoms with Gasteiger partial charge in [-0.1, -0.05) is 23.7 Å². The van der Waals surface area contributed by atoms with E-state index in [1.165, 1.54) is 24.3 Å². The predicted molar refractivity (Wildman–Crippen MR) is 82.4 cm³/mol. The maximum absolute atomic E-state index is 12.9. The van der Waals surface area contributed by atoms with E-state index in [0.717, 1.165) is 4.90 Å². The van der Waals surface area contributed by atoms with E-state index in [9.17, 15) is 14.0 Å². The molecule has 1 atom stereocenters. The van der Waals surface area contributed by atoms with Gasteiger partial charge in [-0.25, -0.2) is 9.29 Å². The molecule has 6 heteroatoms. The highest BCUT2D eigenvalue weighted by Gasteiger charge is 2.40. The molecule has 0 spiro atoms. The summed E-state index contributed by atoms with van der Waals surface area (Å²) < 4.78 is 12.9. The van der Waals surface area contributed by atoms with E-state index in [1.54, 1.807) is 24.3 Å². The Morgan fingerprint density at radius 1 is 1.09 bits per heavy atom. The van der Waals surface area contributed by atoms with Crippen molar-refractivity contribution in [2.75, 3.05) is 10.2 Å². The number of nitrogens with one attached hydrogen (secondary N) is 1. The largest absolute Gasteiger partial charge is 0.373 e. The minimum absolute atomic E-state index is 0.0292. The number of amides is 2. The molecule has 0 aromatic heterocycles. The van der Waals surface area contributed by atoms with Crippen molar-refractivity contribution in [3.05, 3.63) is 59.4 Å². The maximum atomic E-state index is 12.9. The summed E-state index contributed by atoms with van der Waals surface area (Å²) in [4.78, 5) is 25.7. The summed E-state index contributed by atoms with van der Waals surface area (Å²) in [6.45, 7) is 0. The van der Waals surface area contributed by atoms with Crippen LogP contribution in [0.15, 0.2) is 48.5 Å². The van der Waals surface area contributed by atoms with E-state index in [1.807, 2.05) is 0 Å². The molecule has 2 aromatic rings. The fourth-order valence-corrected chi connectivity index (χ4v) is 2.60. The molecule has 22 heavy (non-hydrogen) atoms. The first-order chi connectivity index (χ1) is 10.6. The SMILES string of the molecule is O=C1C[C@H](Nc2ccc(F)cc2)C(=O)N1c1ccccc1Cl. The number of halogens is 2. The highest BCUT2D eigenvalue weighted by Crippen LogP contribution is 2.30. The van der Waals surface area contributed by atoms with Gasteiger partial charge >= 0.3 is 0 Å². The van der Waals surface area contributed by atoms with Crippen LogP contribution in [-0.4, -0.2) is 17.9 Å². The Morgan fingerprint density at radius 3 is 2.45 bits per heavy atom. The third-order valence-corrected chi connectivity index (χ3v) is 3.74. The highest BCUT2D eigenvalue weighted by atomic mass is 35.5. The molecule has 2 aromatic carbocycles. The van der Waals surface area contributed by atoms with Crippen LogP contribution in [0.2, 0.25) is 5.02 Å². The molecule has 0 saturated carbocycles. The van der Waals surface area contributed by atoms with Gasteiger partial charge in [0.25, 0.3) is 5.91 Å². The van der Waals surface area contributed by atoms with E-state index in [2.05, 4.69) is 5.32 Å². The molecular weight excluding hydrogens is 307 g/mol. The first-order valence-electron chi connectivity index (χ1n) is 6.69. The van der Waals surface area contributed by atoms with Gasteiger partial charge in [-0.05, 0) is 36.4 Å². The van der Waals surface area contributed by atoms with Crippen molar-refractivity contribution in [2.45, 2.75) is 12.5 Å². The Balaban J connectivity index is 1.82. The maximum Gasteiger partial charge on any atom is 0.256 e. The van der Waals surface area contributed by atoms with Gasteiger partial charge in [0.05, 0.1) is 17.1 Å². The number of hydrogen-bond acceptors (Lipinski definition) is 3. The zero-order valence-corrected chi connectivity index (χ0v) is 12.2. The van der Waals surface area contributed by atoms with Crippen LogP contribution in [0.1, 0.15) is 6.42 Å². The van der Waals surface area contributed by atoms with Crippen LogP contribution in [0.25, 0.3) is 0 Å². The lowest BCUT2D eigenvalue weighted by Gasteiger charge is -2.17. The number of rotatable bonds is 3. The number of para-hydroxylation sites is 1. The van der Waals surface area contributed by atoms with Crippen molar-refractivity contribution >= 4 is 34.8 Å². The van der Waals surface area contributed by atoms with Crippen molar-refractivity contribution in [2.24, 2.45) is 0 Å². The van der Waals surface area contributed by atoms with Gasteiger partial charge < -0.3 is 5.32 Å². The second-order valence-electron chi connectivity index (χ2n) is 4.93. The molecule has 0 unspecified atom stereocenters. The van der Waals surface area contributed by atoms with E-state index >= 15 is 0 Å². The Labute approximate surface area is 131 Å². The minimum atomic E-state index is -0.686. The summed E-state index contributed by atoms with van der Waals surface area (Å²) in [6.07, 6.45) is 0.0292. The third kappa shape index (κ3) is 2.67. The monoisotopic (exact) mass is 318 g/mol. The van der Waals surface area contributed by atoms with Gasteiger partial charge in [0.2, 0.25) is 5.91 Å². The summed E-state index contributed by atoms with van der Waals surface area (Å²) in [5.74, 6) is -1.06. The van der Waals surface area contributed by atoms with Crippen LogP contribution in [0.5, 0.6) is 0 Å². The summed E-state index contributed by atoms with van der Waals surface area (Å²) in [6, 6.07) is 11.6. The molecule has 2 amide bonds. The molecule has 1 aliphatic heterocycles. The van der Waals surface area contributed by atoms with Crippen LogP contribution in [0, 0.1) is 5.82 Å². The lowest BCUT2D eigenvalue weighted by Crippen LogP contribution is -2.35. The number of anilines is 2. The van der Waals surface area contributed by atoms with E-state index in [-0.39, 0.29) is 24.1 Å². The first kappa shape index (κ1) is 14.5. The first-order valence-corrected chi connectivity index (χ1v) is 7.07. The average molecular weight is 319 g/mol. The van der Waals surface area contributed by atoms with Crippen LogP contribution in [0.3, 0.4) is 0 Å². The van der Waals surface area contributed by atoms with Gasteiger partial charge in [-0.3, -0.25) is 9.59 Å². The van der Waals surface area contributed by atoms with Crippen molar-refractivity contribution in [3.63, 3.8) is 0 Å². The quantitative estimate of drug-likeness (QED) is 0.884. The van der Waals surface area contributed by atoms with Crippen molar-refractivity contribution < 1.29 is 14.0 Å². The number of nitrogens with zero attached hydrogens (tertiary/aromatic N) is 1. The lowest BCUT2D eigenvalue weighted by atomic mass is 10.2. The molecule has 1 fully saturated rings. The zero-order valence-electron chi connectivity index (χ0n) is 11.4. The summed E-state index contributed by atoms with van der Waals surface area (Å²) in [7, 11) is 0. The second kappa shape index (κ2) is 5.77. The Morgan fingerprint density at radius 2 is 1.77 bits per heavy atom. The lowest BCUT2D eigenvalue weighted by molar-refractivity contribution is -0.121. The van der Waals surface area contributed by atoms with Gasteiger partial charge in [0, 0.05) is 5.69 Å². The van der Waals surface area contributed by atoms with Crippen LogP contribution < -0.4 is 10.2 Å².